The molecule has 2 aromatic carbocycles. The van der Waals surface area contributed by atoms with Gasteiger partial charge in [0.2, 0.25) is 0 Å². The number of ether oxygens (including phenoxy) is 2. The van der Waals surface area contributed by atoms with Crippen LogP contribution in [0.1, 0.15) is 15.9 Å². The zero-order valence-electron chi connectivity index (χ0n) is 14.4. The topological polar surface area (TPSA) is 77.7 Å². The molecule has 7 heteroatoms. The Bertz CT molecular complexity index is 897. The standard InChI is InChI=1S/C19H18N4O3/c1-25-17-8-15(9-18(10-17)26-2)19(24)22-20-11-14-12-21-23(13-14)16-6-4-3-5-7-16/h3-13H,1-2H3,(H,22,24)/b20-11-. The number of amides is 1. The molecular weight excluding hydrogens is 332 g/mol. The first-order valence-corrected chi connectivity index (χ1v) is 7.86. The molecule has 0 atom stereocenters. The smallest absolute Gasteiger partial charge is 0.271 e. The van der Waals surface area contributed by atoms with E-state index in [4.69, 9.17) is 9.47 Å². The highest BCUT2D eigenvalue weighted by Gasteiger charge is 2.09. The second-order valence-electron chi connectivity index (χ2n) is 5.35. The molecular formula is C19H18N4O3. The van der Waals surface area contributed by atoms with E-state index in [1.807, 2.05) is 36.5 Å². The second kappa shape index (κ2) is 7.98. The van der Waals surface area contributed by atoms with Crippen LogP contribution in [0.25, 0.3) is 5.69 Å². The van der Waals surface area contributed by atoms with Crippen molar-refractivity contribution in [1.29, 1.82) is 0 Å². The molecule has 0 saturated heterocycles. The summed E-state index contributed by atoms with van der Waals surface area (Å²) < 4.78 is 12.0. The number of carbonyl (C=O) groups excluding carboxylic acids is 1. The summed E-state index contributed by atoms with van der Waals surface area (Å²) in [6.45, 7) is 0. The molecule has 0 radical (unpaired) electrons. The summed E-state index contributed by atoms with van der Waals surface area (Å²) in [5.41, 5.74) is 4.57. The van der Waals surface area contributed by atoms with Gasteiger partial charge >= 0.3 is 0 Å². The lowest BCUT2D eigenvalue weighted by Crippen LogP contribution is -2.17. The van der Waals surface area contributed by atoms with Crippen molar-refractivity contribution in [3.05, 3.63) is 72.1 Å². The first-order valence-electron chi connectivity index (χ1n) is 7.86. The van der Waals surface area contributed by atoms with Crippen LogP contribution in [0.2, 0.25) is 0 Å². The van der Waals surface area contributed by atoms with Crippen molar-refractivity contribution in [2.24, 2.45) is 5.10 Å². The van der Waals surface area contributed by atoms with Crippen molar-refractivity contribution in [1.82, 2.24) is 15.2 Å². The molecule has 0 spiro atoms. The van der Waals surface area contributed by atoms with E-state index in [2.05, 4.69) is 15.6 Å². The summed E-state index contributed by atoms with van der Waals surface area (Å²) in [6, 6.07) is 14.6. The summed E-state index contributed by atoms with van der Waals surface area (Å²) in [6.07, 6.45) is 5.01. The molecule has 0 aliphatic heterocycles. The number of benzene rings is 2. The van der Waals surface area contributed by atoms with Gasteiger partial charge in [-0.15, -0.1) is 0 Å². The van der Waals surface area contributed by atoms with Gasteiger partial charge in [0.25, 0.3) is 5.91 Å². The molecule has 1 N–H and O–H groups in total. The van der Waals surface area contributed by atoms with Gasteiger partial charge in [-0.25, -0.2) is 10.1 Å². The van der Waals surface area contributed by atoms with Crippen molar-refractivity contribution in [2.45, 2.75) is 0 Å². The van der Waals surface area contributed by atoms with Gasteiger partial charge in [-0.05, 0) is 24.3 Å². The second-order valence-corrected chi connectivity index (χ2v) is 5.35. The lowest BCUT2D eigenvalue weighted by Gasteiger charge is -2.07. The van der Waals surface area contributed by atoms with Crippen molar-refractivity contribution in [3.8, 4) is 17.2 Å². The Balaban J connectivity index is 1.67. The van der Waals surface area contributed by atoms with E-state index in [-0.39, 0.29) is 5.91 Å². The van der Waals surface area contributed by atoms with Crippen LogP contribution < -0.4 is 14.9 Å². The predicted octanol–water partition coefficient (Wildman–Crippen LogP) is 2.65. The molecule has 0 aliphatic carbocycles. The molecule has 1 amide bonds. The van der Waals surface area contributed by atoms with E-state index in [9.17, 15) is 4.79 Å². The van der Waals surface area contributed by atoms with E-state index in [0.717, 1.165) is 11.3 Å². The lowest BCUT2D eigenvalue weighted by molar-refractivity contribution is 0.0954. The van der Waals surface area contributed by atoms with Gasteiger partial charge in [0.1, 0.15) is 11.5 Å². The molecule has 3 rings (SSSR count). The van der Waals surface area contributed by atoms with Gasteiger partial charge in [0, 0.05) is 23.4 Å². The van der Waals surface area contributed by atoms with E-state index >= 15 is 0 Å². The highest BCUT2D eigenvalue weighted by atomic mass is 16.5. The fraction of sp³-hybridized carbons (Fsp3) is 0.105. The van der Waals surface area contributed by atoms with Gasteiger partial charge in [-0.1, -0.05) is 18.2 Å². The third-order valence-electron chi connectivity index (χ3n) is 3.62. The Morgan fingerprint density at radius 2 is 1.81 bits per heavy atom. The van der Waals surface area contributed by atoms with E-state index in [1.54, 1.807) is 29.1 Å². The Hall–Kier alpha value is -3.61. The van der Waals surface area contributed by atoms with Crippen molar-refractivity contribution in [2.75, 3.05) is 14.2 Å². The van der Waals surface area contributed by atoms with Crippen LogP contribution in [0.15, 0.2) is 66.0 Å². The lowest BCUT2D eigenvalue weighted by atomic mass is 10.2. The van der Waals surface area contributed by atoms with Crippen LogP contribution >= 0.6 is 0 Å². The predicted molar refractivity (Wildman–Crippen MR) is 98.2 cm³/mol. The number of aromatic nitrogens is 2. The SMILES string of the molecule is COc1cc(OC)cc(C(=O)N/N=C\c2cnn(-c3ccccc3)c2)c1. The van der Waals surface area contributed by atoms with Crippen LogP contribution in [-0.4, -0.2) is 36.1 Å². The van der Waals surface area contributed by atoms with Gasteiger partial charge in [0.15, 0.2) is 0 Å². The molecule has 1 heterocycles. The molecule has 0 fully saturated rings. The number of hydrogen-bond acceptors (Lipinski definition) is 5. The largest absolute Gasteiger partial charge is 0.497 e. The maximum absolute atomic E-state index is 12.2. The van der Waals surface area contributed by atoms with Crippen LogP contribution in [0, 0.1) is 0 Å². The number of hydrazone groups is 1. The zero-order chi connectivity index (χ0) is 18.4. The maximum atomic E-state index is 12.2. The number of para-hydroxylation sites is 1. The Labute approximate surface area is 150 Å². The first kappa shape index (κ1) is 17.2. The molecule has 7 nitrogen and oxygen atoms in total. The summed E-state index contributed by atoms with van der Waals surface area (Å²) in [7, 11) is 3.05. The summed E-state index contributed by atoms with van der Waals surface area (Å²) in [5, 5.41) is 8.24. The molecule has 0 aliphatic rings. The minimum atomic E-state index is -0.367. The fourth-order valence-electron chi connectivity index (χ4n) is 2.29. The van der Waals surface area contributed by atoms with Gasteiger partial charge in [0.05, 0.1) is 32.3 Å². The maximum Gasteiger partial charge on any atom is 0.271 e. The van der Waals surface area contributed by atoms with E-state index in [0.29, 0.717) is 17.1 Å². The van der Waals surface area contributed by atoms with E-state index in [1.165, 1.54) is 20.4 Å². The van der Waals surface area contributed by atoms with Crippen LogP contribution in [0.5, 0.6) is 11.5 Å². The average molecular weight is 350 g/mol. The van der Waals surface area contributed by atoms with Crippen molar-refractivity contribution < 1.29 is 14.3 Å². The molecule has 3 aromatic rings. The quantitative estimate of drug-likeness (QED) is 0.548. The minimum absolute atomic E-state index is 0.367. The van der Waals surface area contributed by atoms with Crippen LogP contribution in [-0.2, 0) is 0 Å². The molecule has 1 aromatic heterocycles. The molecule has 0 unspecified atom stereocenters. The normalized spacial score (nSPS) is 10.7. The van der Waals surface area contributed by atoms with Crippen molar-refractivity contribution in [3.63, 3.8) is 0 Å². The highest BCUT2D eigenvalue weighted by molar-refractivity contribution is 5.95. The number of methoxy groups -OCH3 is 2. The van der Waals surface area contributed by atoms with Gasteiger partial charge in [-0.2, -0.15) is 10.2 Å². The summed E-state index contributed by atoms with van der Waals surface area (Å²) >= 11 is 0. The minimum Gasteiger partial charge on any atom is -0.497 e. The van der Waals surface area contributed by atoms with Crippen molar-refractivity contribution >= 4 is 12.1 Å². The van der Waals surface area contributed by atoms with Crippen LogP contribution in [0.3, 0.4) is 0 Å². The Morgan fingerprint density at radius 1 is 1.12 bits per heavy atom. The molecule has 26 heavy (non-hydrogen) atoms. The van der Waals surface area contributed by atoms with Crippen LogP contribution in [0.4, 0.5) is 0 Å². The summed E-state index contributed by atoms with van der Waals surface area (Å²) in [5.74, 6) is 0.694. The molecule has 0 bridgehead atoms. The molecule has 0 saturated carbocycles. The van der Waals surface area contributed by atoms with Gasteiger partial charge < -0.3 is 9.47 Å². The molecule has 132 valence electrons. The third-order valence-corrected chi connectivity index (χ3v) is 3.62. The van der Waals surface area contributed by atoms with E-state index < -0.39 is 0 Å². The highest BCUT2D eigenvalue weighted by Crippen LogP contribution is 2.22. The number of hydrogen-bond donors (Lipinski definition) is 1. The monoisotopic (exact) mass is 350 g/mol. The first-order chi connectivity index (χ1) is 12.7. The number of nitrogens with one attached hydrogen (secondary N) is 1. The summed E-state index contributed by atoms with van der Waals surface area (Å²) in [4.78, 5) is 12.2. The number of nitrogens with zero attached hydrogens (tertiary/aromatic N) is 3. The zero-order valence-corrected chi connectivity index (χ0v) is 14.4. The van der Waals surface area contributed by atoms with Gasteiger partial charge in [-0.3, -0.25) is 4.79 Å². The Kier molecular flexibility index (Phi) is 5.28. The average Bonchev–Trinajstić information content (AvgIpc) is 3.17. The number of carbonyl (C=O) groups is 1. The third kappa shape index (κ3) is 4.07. The Morgan fingerprint density at radius 3 is 2.46 bits per heavy atom. The fourth-order valence-corrected chi connectivity index (χ4v) is 2.29. The number of rotatable bonds is 6.